The van der Waals surface area contributed by atoms with E-state index in [1.807, 2.05) is 23.1 Å². The second-order valence-electron chi connectivity index (χ2n) is 7.39. The molecule has 0 bridgehead atoms. The van der Waals surface area contributed by atoms with Crippen LogP contribution < -0.4 is 4.31 Å². The van der Waals surface area contributed by atoms with Crippen LogP contribution in [-0.2, 0) is 14.8 Å². The van der Waals surface area contributed by atoms with E-state index in [4.69, 9.17) is 0 Å². The number of anilines is 1. The lowest BCUT2D eigenvalue weighted by Gasteiger charge is -2.35. The molecule has 0 spiro atoms. The maximum absolute atomic E-state index is 13.0. The van der Waals surface area contributed by atoms with E-state index in [0.717, 1.165) is 17.2 Å². The molecular weight excluding hydrogens is 336 g/mol. The van der Waals surface area contributed by atoms with Gasteiger partial charge in [-0.2, -0.15) is 0 Å². The average Bonchev–Trinajstić information content (AvgIpc) is 2.77. The second kappa shape index (κ2) is 5.73. The highest BCUT2D eigenvalue weighted by Crippen LogP contribution is 2.41. The van der Waals surface area contributed by atoms with Crippen LogP contribution in [0.3, 0.4) is 0 Å². The van der Waals surface area contributed by atoms with Crippen molar-refractivity contribution < 1.29 is 13.2 Å². The van der Waals surface area contributed by atoms with Crippen molar-refractivity contribution in [3.8, 4) is 0 Å². The number of likely N-dealkylation sites (tertiary alicyclic amines) is 1. The lowest BCUT2D eigenvalue weighted by Crippen LogP contribution is -2.47. The van der Waals surface area contributed by atoms with Gasteiger partial charge in [-0.3, -0.25) is 9.10 Å². The van der Waals surface area contributed by atoms with Gasteiger partial charge in [-0.1, -0.05) is 38.1 Å². The highest BCUT2D eigenvalue weighted by Gasteiger charge is 2.38. The molecule has 0 radical (unpaired) electrons. The Bertz CT molecular complexity index is 939. The molecule has 1 saturated heterocycles. The molecule has 2 aromatic carbocycles. The zero-order valence-corrected chi connectivity index (χ0v) is 15.3. The van der Waals surface area contributed by atoms with E-state index in [2.05, 4.69) is 13.8 Å². The van der Waals surface area contributed by atoms with Crippen molar-refractivity contribution in [2.75, 3.05) is 23.9 Å². The first kappa shape index (κ1) is 16.4. The maximum Gasteiger partial charge on any atom is 0.265 e. The fourth-order valence-corrected chi connectivity index (χ4v) is 5.88. The first-order valence-corrected chi connectivity index (χ1v) is 10.1. The Morgan fingerprint density at radius 3 is 2.40 bits per heavy atom. The Hall–Kier alpha value is -2.08. The van der Waals surface area contributed by atoms with Gasteiger partial charge in [0.15, 0.2) is 0 Å². The molecule has 4 rings (SSSR count). The summed E-state index contributed by atoms with van der Waals surface area (Å²) in [4.78, 5) is 14.9. The minimum Gasteiger partial charge on any atom is -0.341 e. The van der Waals surface area contributed by atoms with E-state index in [9.17, 15) is 13.2 Å². The van der Waals surface area contributed by atoms with Crippen molar-refractivity contribution in [1.82, 2.24) is 4.90 Å². The normalized spacial score (nSPS) is 24.7. The number of hydrogen-bond donors (Lipinski definition) is 0. The Morgan fingerprint density at radius 1 is 1.08 bits per heavy atom. The smallest absolute Gasteiger partial charge is 0.265 e. The molecule has 0 N–H and O–H groups in total. The summed E-state index contributed by atoms with van der Waals surface area (Å²) >= 11 is 0. The zero-order chi connectivity index (χ0) is 17.8. The molecular formula is C19H22N2O3S. The van der Waals surface area contributed by atoms with Gasteiger partial charge in [0.25, 0.3) is 10.0 Å². The number of carbonyl (C=O) groups excluding carboxylic acids is 1. The summed E-state index contributed by atoms with van der Waals surface area (Å²) in [5.41, 5.74) is 0.611. The number of amides is 1. The van der Waals surface area contributed by atoms with Gasteiger partial charge in [0.2, 0.25) is 5.91 Å². The largest absolute Gasteiger partial charge is 0.341 e. The molecule has 2 aromatic rings. The van der Waals surface area contributed by atoms with E-state index in [1.54, 1.807) is 18.2 Å². The summed E-state index contributed by atoms with van der Waals surface area (Å²) in [6.07, 6.45) is 1.11. The van der Waals surface area contributed by atoms with Crippen molar-refractivity contribution in [3.05, 3.63) is 36.4 Å². The first-order valence-electron chi connectivity index (χ1n) is 8.70. The summed E-state index contributed by atoms with van der Waals surface area (Å²) in [7, 11) is -3.67. The van der Waals surface area contributed by atoms with Crippen LogP contribution in [-0.4, -0.2) is 38.9 Å². The van der Waals surface area contributed by atoms with Crippen molar-refractivity contribution in [3.63, 3.8) is 0 Å². The SMILES string of the molecule is C[C@H]1C[C@H](C)CN(C(=O)CN2c3cccc4cccc(c34)S2(=O)=O)C1. The summed E-state index contributed by atoms with van der Waals surface area (Å²) in [5, 5.41) is 1.60. The number of carbonyl (C=O) groups is 1. The highest BCUT2D eigenvalue weighted by atomic mass is 32.2. The van der Waals surface area contributed by atoms with Gasteiger partial charge in [0.1, 0.15) is 6.54 Å². The molecule has 0 aliphatic carbocycles. The van der Waals surface area contributed by atoms with Gasteiger partial charge < -0.3 is 4.90 Å². The number of benzene rings is 2. The number of sulfonamides is 1. The van der Waals surface area contributed by atoms with Crippen molar-refractivity contribution in [2.24, 2.45) is 11.8 Å². The fourth-order valence-electron chi connectivity index (χ4n) is 4.22. The van der Waals surface area contributed by atoms with Gasteiger partial charge in [-0.15, -0.1) is 0 Å². The van der Waals surface area contributed by atoms with Gasteiger partial charge in [0, 0.05) is 18.5 Å². The minimum atomic E-state index is -3.67. The average molecular weight is 358 g/mol. The lowest BCUT2D eigenvalue weighted by atomic mass is 9.92. The molecule has 5 nitrogen and oxygen atoms in total. The van der Waals surface area contributed by atoms with Crippen LogP contribution in [0.4, 0.5) is 5.69 Å². The van der Waals surface area contributed by atoms with Crippen LogP contribution in [0.15, 0.2) is 41.3 Å². The fraction of sp³-hybridized carbons (Fsp3) is 0.421. The number of hydrogen-bond acceptors (Lipinski definition) is 3. The topological polar surface area (TPSA) is 57.7 Å². The molecule has 0 aromatic heterocycles. The van der Waals surface area contributed by atoms with Gasteiger partial charge >= 0.3 is 0 Å². The first-order chi connectivity index (χ1) is 11.9. The van der Waals surface area contributed by atoms with Gasteiger partial charge in [-0.05, 0) is 35.8 Å². The minimum absolute atomic E-state index is 0.119. The quantitative estimate of drug-likeness (QED) is 0.829. The Balaban J connectivity index is 1.68. The van der Waals surface area contributed by atoms with E-state index >= 15 is 0 Å². The predicted octanol–water partition coefficient (Wildman–Crippen LogP) is 2.85. The monoisotopic (exact) mass is 358 g/mol. The third-order valence-corrected chi connectivity index (χ3v) is 6.98. The Morgan fingerprint density at radius 2 is 1.72 bits per heavy atom. The third kappa shape index (κ3) is 2.59. The highest BCUT2D eigenvalue weighted by molar-refractivity contribution is 7.93. The van der Waals surface area contributed by atoms with Gasteiger partial charge in [0.05, 0.1) is 10.6 Å². The lowest BCUT2D eigenvalue weighted by molar-refractivity contribution is -0.132. The van der Waals surface area contributed by atoms with Crippen LogP contribution in [0, 0.1) is 11.8 Å². The van der Waals surface area contributed by atoms with E-state index in [1.165, 1.54) is 4.31 Å². The molecule has 1 amide bonds. The van der Waals surface area contributed by atoms with Crippen molar-refractivity contribution >= 4 is 32.4 Å². The molecule has 25 heavy (non-hydrogen) atoms. The van der Waals surface area contributed by atoms with Gasteiger partial charge in [-0.25, -0.2) is 8.42 Å². The molecule has 6 heteroatoms. The summed E-state index contributed by atoms with van der Waals surface area (Å²) in [6.45, 7) is 5.55. The Kier molecular flexibility index (Phi) is 3.76. The number of nitrogens with zero attached hydrogens (tertiary/aromatic N) is 2. The summed E-state index contributed by atoms with van der Waals surface area (Å²) in [6, 6.07) is 10.8. The van der Waals surface area contributed by atoms with Crippen LogP contribution in [0.5, 0.6) is 0 Å². The molecule has 2 atom stereocenters. The van der Waals surface area contributed by atoms with Crippen LogP contribution in [0.1, 0.15) is 20.3 Å². The number of piperidine rings is 1. The summed E-state index contributed by atoms with van der Waals surface area (Å²) in [5.74, 6) is 0.777. The van der Waals surface area contributed by atoms with E-state index < -0.39 is 10.0 Å². The molecule has 0 saturated carbocycles. The molecule has 0 unspecified atom stereocenters. The Labute approximate surface area is 148 Å². The standard InChI is InChI=1S/C19H22N2O3S/c1-13-9-14(2)11-20(10-13)18(22)12-21-16-7-3-5-15-6-4-8-17(19(15)16)25(21,23)24/h3-8,13-14H,9-12H2,1-2H3/t13-,14-/m0/s1. The van der Waals surface area contributed by atoms with Crippen LogP contribution >= 0.6 is 0 Å². The zero-order valence-electron chi connectivity index (χ0n) is 14.5. The van der Waals surface area contributed by atoms with Crippen molar-refractivity contribution in [1.29, 1.82) is 0 Å². The second-order valence-corrected chi connectivity index (χ2v) is 9.22. The molecule has 2 heterocycles. The van der Waals surface area contributed by atoms with E-state index in [0.29, 0.717) is 35.5 Å². The predicted molar refractivity (Wildman–Crippen MR) is 98.0 cm³/mol. The molecule has 132 valence electrons. The summed E-state index contributed by atoms with van der Waals surface area (Å²) < 4.78 is 27.2. The molecule has 1 fully saturated rings. The van der Waals surface area contributed by atoms with E-state index in [-0.39, 0.29) is 12.5 Å². The van der Waals surface area contributed by atoms with Crippen LogP contribution in [0.25, 0.3) is 10.8 Å². The van der Waals surface area contributed by atoms with Crippen molar-refractivity contribution in [2.45, 2.75) is 25.2 Å². The third-order valence-electron chi connectivity index (χ3n) is 5.18. The maximum atomic E-state index is 13.0. The molecule has 2 aliphatic heterocycles. The number of rotatable bonds is 2. The van der Waals surface area contributed by atoms with Crippen LogP contribution in [0.2, 0.25) is 0 Å². The molecule has 2 aliphatic rings.